The predicted octanol–water partition coefficient (Wildman–Crippen LogP) is 2.53. The van der Waals surface area contributed by atoms with E-state index in [2.05, 4.69) is 15.6 Å². The Morgan fingerprint density at radius 2 is 2.18 bits per heavy atom. The van der Waals surface area contributed by atoms with Crippen LogP contribution in [0.5, 0.6) is 0 Å². The summed E-state index contributed by atoms with van der Waals surface area (Å²) in [5.74, 6) is -0.110. The highest BCUT2D eigenvalue weighted by Crippen LogP contribution is 2.10. The minimum Gasteiger partial charge on any atom is -0.351 e. The second kappa shape index (κ2) is 8.29. The zero-order valence-corrected chi connectivity index (χ0v) is 13.2. The molecule has 0 aliphatic carbocycles. The summed E-state index contributed by atoms with van der Waals surface area (Å²) in [6.07, 6.45) is 4.44. The van der Waals surface area contributed by atoms with E-state index in [0.29, 0.717) is 24.3 Å². The van der Waals surface area contributed by atoms with Gasteiger partial charge in [-0.2, -0.15) is 0 Å². The van der Waals surface area contributed by atoms with E-state index >= 15 is 0 Å². The van der Waals surface area contributed by atoms with Gasteiger partial charge in [0, 0.05) is 25.4 Å². The molecular formula is C16H19N3O2S. The lowest BCUT2D eigenvalue weighted by molar-refractivity contribution is -0.121. The van der Waals surface area contributed by atoms with Crippen LogP contribution in [0.1, 0.15) is 41.0 Å². The number of nitrogens with zero attached hydrogens (tertiary/aromatic N) is 1. The van der Waals surface area contributed by atoms with Crippen LogP contribution >= 0.6 is 11.3 Å². The highest BCUT2D eigenvalue weighted by molar-refractivity contribution is 7.12. The fourth-order valence-corrected chi connectivity index (χ4v) is 2.61. The van der Waals surface area contributed by atoms with E-state index in [-0.39, 0.29) is 17.9 Å². The highest BCUT2D eigenvalue weighted by Gasteiger charge is 2.10. The first kappa shape index (κ1) is 16.2. The molecule has 5 nitrogen and oxygen atoms in total. The third kappa shape index (κ3) is 4.96. The summed E-state index contributed by atoms with van der Waals surface area (Å²) < 4.78 is 0. The summed E-state index contributed by atoms with van der Waals surface area (Å²) in [7, 11) is 0. The normalized spacial score (nSPS) is 11.7. The van der Waals surface area contributed by atoms with Gasteiger partial charge in [-0.1, -0.05) is 12.1 Å². The molecule has 1 unspecified atom stereocenters. The molecule has 0 aliphatic heterocycles. The van der Waals surface area contributed by atoms with Gasteiger partial charge in [0.15, 0.2) is 0 Å². The SMILES string of the molecule is CC(NC(=O)CCCNC(=O)c1cccs1)c1cccnc1. The van der Waals surface area contributed by atoms with Crippen molar-refractivity contribution in [3.8, 4) is 0 Å². The van der Waals surface area contributed by atoms with E-state index in [0.717, 1.165) is 5.56 Å². The van der Waals surface area contributed by atoms with Crippen molar-refractivity contribution < 1.29 is 9.59 Å². The summed E-state index contributed by atoms with van der Waals surface area (Å²) in [5, 5.41) is 7.59. The van der Waals surface area contributed by atoms with E-state index in [1.807, 2.05) is 30.5 Å². The van der Waals surface area contributed by atoms with Crippen molar-refractivity contribution in [2.75, 3.05) is 6.54 Å². The fourth-order valence-electron chi connectivity index (χ4n) is 1.97. The lowest BCUT2D eigenvalue weighted by Crippen LogP contribution is -2.28. The maximum atomic E-state index is 11.9. The lowest BCUT2D eigenvalue weighted by Gasteiger charge is -2.13. The number of carbonyl (C=O) groups excluding carboxylic acids is 2. The smallest absolute Gasteiger partial charge is 0.261 e. The number of thiophene rings is 1. The molecule has 0 saturated heterocycles. The Morgan fingerprint density at radius 3 is 2.86 bits per heavy atom. The molecule has 0 fully saturated rings. The van der Waals surface area contributed by atoms with Crippen LogP contribution in [0.2, 0.25) is 0 Å². The largest absolute Gasteiger partial charge is 0.351 e. The van der Waals surface area contributed by atoms with Crippen LogP contribution in [-0.2, 0) is 4.79 Å². The maximum Gasteiger partial charge on any atom is 0.261 e. The number of hydrogen-bond acceptors (Lipinski definition) is 4. The second-order valence-corrected chi connectivity index (χ2v) is 5.86. The van der Waals surface area contributed by atoms with Crippen molar-refractivity contribution in [2.45, 2.75) is 25.8 Å². The zero-order valence-electron chi connectivity index (χ0n) is 12.4. The van der Waals surface area contributed by atoms with E-state index in [1.165, 1.54) is 11.3 Å². The molecule has 0 saturated carbocycles. The molecule has 0 radical (unpaired) electrons. The minimum absolute atomic E-state index is 0.0262. The Kier molecular flexibility index (Phi) is 6.09. The van der Waals surface area contributed by atoms with Crippen LogP contribution in [0.4, 0.5) is 0 Å². The quantitative estimate of drug-likeness (QED) is 0.771. The van der Waals surface area contributed by atoms with Gasteiger partial charge in [-0.05, 0) is 36.4 Å². The number of carbonyl (C=O) groups is 2. The summed E-state index contributed by atoms with van der Waals surface area (Å²) >= 11 is 1.40. The molecule has 0 spiro atoms. The third-order valence-electron chi connectivity index (χ3n) is 3.17. The third-order valence-corrected chi connectivity index (χ3v) is 4.04. The molecule has 0 aromatic carbocycles. The van der Waals surface area contributed by atoms with E-state index in [4.69, 9.17) is 0 Å². The molecule has 2 heterocycles. The van der Waals surface area contributed by atoms with Crippen LogP contribution in [-0.4, -0.2) is 23.3 Å². The Balaban J connectivity index is 1.65. The maximum absolute atomic E-state index is 11.9. The van der Waals surface area contributed by atoms with Gasteiger partial charge < -0.3 is 10.6 Å². The van der Waals surface area contributed by atoms with E-state index in [9.17, 15) is 9.59 Å². The molecule has 0 aliphatic rings. The van der Waals surface area contributed by atoms with Gasteiger partial charge in [-0.25, -0.2) is 0 Å². The Morgan fingerprint density at radius 1 is 1.32 bits per heavy atom. The topological polar surface area (TPSA) is 71.1 Å². The van der Waals surface area contributed by atoms with Gasteiger partial charge in [-0.15, -0.1) is 11.3 Å². The molecule has 2 amide bonds. The minimum atomic E-state index is -0.0841. The summed E-state index contributed by atoms with van der Waals surface area (Å²) in [6, 6.07) is 7.33. The van der Waals surface area contributed by atoms with E-state index in [1.54, 1.807) is 18.5 Å². The standard InChI is InChI=1S/C16H19N3O2S/c1-12(13-5-2-8-17-11-13)19-15(20)7-3-9-18-16(21)14-6-4-10-22-14/h2,4-6,8,10-12H,3,7,9H2,1H3,(H,18,21)(H,19,20). The number of hydrogen-bond donors (Lipinski definition) is 2. The predicted molar refractivity (Wildman–Crippen MR) is 86.7 cm³/mol. The molecule has 2 aromatic rings. The van der Waals surface area contributed by atoms with Gasteiger partial charge in [-0.3, -0.25) is 14.6 Å². The average Bonchev–Trinajstić information content (AvgIpc) is 3.06. The van der Waals surface area contributed by atoms with Crippen molar-refractivity contribution in [3.05, 3.63) is 52.5 Å². The molecule has 2 aromatic heterocycles. The van der Waals surface area contributed by atoms with Crippen molar-refractivity contribution in [1.29, 1.82) is 0 Å². The monoisotopic (exact) mass is 317 g/mol. The Bertz CT molecular complexity index is 599. The molecule has 2 rings (SSSR count). The molecule has 1 atom stereocenters. The van der Waals surface area contributed by atoms with Gasteiger partial charge in [0.1, 0.15) is 0 Å². The number of pyridine rings is 1. The number of aromatic nitrogens is 1. The molecule has 116 valence electrons. The average molecular weight is 317 g/mol. The molecule has 22 heavy (non-hydrogen) atoms. The highest BCUT2D eigenvalue weighted by atomic mass is 32.1. The fraction of sp³-hybridized carbons (Fsp3) is 0.312. The van der Waals surface area contributed by atoms with Crippen LogP contribution in [0.15, 0.2) is 42.0 Å². The van der Waals surface area contributed by atoms with Crippen molar-refractivity contribution in [1.82, 2.24) is 15.6 Å². The number of amides is 2. The van der Waals surface area contributed by atoms with Crippen LogP contribution in [0.3, 0.4) is 0 Å². The van der Waals surface area contributed by atoms with E-state index < -0.39 is 0 Å². The Labute approximate surface area is 133 Å². The zero-order chi connectivity index (χ0) is 15.8. The first-order valence-electron chi connectivity index (χ1n) is 7.18. The van der Waals surface area contributed by atoms with Crippen LogP contribution < -0.4 is 10.6 Å². The molecule has 6 heteroatoms. The molecule has 2 N–H and O–H groups in total. The lowest BCUT2D eigenvalue weighted by atomic mass is 10.1. The van der Waals surface area contributed by atoms with Gasteiger partial charge >= 0.3 is 0 Å². The second-order valence-electron chi connectivity index (χ2n) is 4.91. The number of nitrogens with one attached hydrogen (secondary N) is 2. The first-order chi connectivity index (χ1) is 10.7. The van der Waals surface area contributed by atoms with Crippen LogP contribution in [0, 0.1) is 0 Å². The summed E-state index contributed by atoms with van der Waals surface area (Å²) in [5.41, 5.74) is 0.974. The van der Waals surface area contributed by atoms with Crippen molar-refractivity contribution in [2.24, 2.45) is 0 Å². The van der Waals surface area contributed by atoms with Crippen molar-refractivity contribution in [3.63, 3.8) is 0 Å². The molecule has 0 bridgehead atoms. The van der Waals surface area contributed by atoms with Gasteiger partial charge in [0.05, 0.1) is 10.9 Å². The molecular weight excluding hydrogens is 298 g/mol. The Hall–Kier alpha value is -2.21. The van der Waals surface area contributed by atoms with Crippen LogP contribution in [0.25, 0.3) is 0 Å². The van der Waals surface area contributed by atoms with Gasteiger partial charge in [0.25, 0.3) is 5.91 Å². The van der Waals surface area contributed by atoms with Gasteiger partial charge in [0.2, 0.25) is 5.91 Å². The summed E-state index contributed by atoms with van der Waals surface area (Å²) in [4.78, 5) is 28.3. The van der Waals surface area contributed by atoms with Crippen molar-refractivity contribution >= 4 is 23.2 Å². The number of rotatable bonds is 7. The first-order valence-corrected chi connectivity index (χ1v) is 8.06. The summed E-state index contributed by atoms with van der Waals surface area (Å²) in [6.45, 7) is 2.42.